The van der Waals surface area contributed by atoms with Crippen LogP contribution in [0, 0.1) is 6.92 Å². The van der Waals surface area contributed by atoms with Crippen molar-refractivity contribution < 1.29 is 19.4 Å². The smallest absolute Gasteiger partial charge is 0.381 e. The lowest BCUT2D eigenvalue weighted by molar-refractivity contribution is -0.149. The Morgan fingerprint density at radius 3 is 2.20 bits per heavy atom. The highest BCUT2D eigenvalue weighted by atomic mass is 35.5. The second-order valence-corrected chi connectivity index (χ2v) is 5.50. The van der Waals surface area contributed by atoms with Gasteiger partial charge in [-0.3, -0.25) is 4.79 Å². The molecule has 6 nitrogen and oxygen atoms in total. The number of ether oxygens (including phenoxy) is 1. The monoisotopic (exact) mass is 358 g/mol. The minimum Gasteiger partial charge on any atom is -0.505 e. The van der Waals surface area contributed by atoms with Crippen molar-refractivity contribution in [2.75, 3.05) is 7.11 Å². The van der Waals surface area contributed by atoms with Gasteiger partial charge in [0.25, 0.3) is 5.78 Å². The molecule has 0 aliphatic carbocycles. The molecule has 0 bridgehead atoms. The third-order valence-corrected chi connectivity index (χ3v) is 3.48. The van der Waals surface area contributed by atoms with Gasteiger partial charge in [-0.05, 0) is 31.2 Å². The van der Waals surface area contributed by atoms with Crippen molar-refractivity contribution in [1.82, 2.24) is 0 Å². The molecule has 7 heteroatoms. The summed E-state index contributed by atoms with van der Waals surface area (Å²) in [6.07, 6.45) is 0. The van der Waals surface area contributed by atoms with Crippen molar-refractivity contribution in [3.05, 3.63) is 70.4 Å². The normalized spacial score (nSPS) is 12.0. The van der Waals surface area contributed by atoms with Gasteiger partial charge >= 0.3 is 5.97 Å². The molecule has 25 heavy (non-hydrogen) atoms. The number of carbonyl (C=O) groups is 2. The van der Waals surface area contributed by atoms with Gasteiger partial charge in [0.1, 0.15) is 0 Å². The highest BCUT2D eigenvalue weighted by molar-refractivity contribution is 6.41. The van der Waals surface area contributed by atoms with Gasteiger partial charge in [0, 0.05) is 10.6 Å². The number of carbonyl (C=O) groups excluding carboxylic acids is 2. The molecule has 2 rings (SSSR count). The number of methoxy groups -OCH3 is 1. The van der Waals surface area contributed by atoms with E-state index < -0.39 is 23.2 Å². The van der Waals surface area contributed by atoms with Crippen molar-refractivity contribution >= 4 is 34.8 Å². The summed E-state index contributed by atoms with van der Waals surface area (Å²) in [5, 5.41) is 18.5. The van der Waals surface area contributed by atoms with E-state index in [1.165, 1.54) is 0 Å². The Morgan fingerprint density at radius 1 is 1.04 bits per heavy atom. The summed E-state index contributed by atoms with van der Waals surface area (Å²) < 4.78 is 4.41. The summed E-state index contributed by atoms with van der Waals surface area (Å²) in [7, 11) is 1.07. The van der Waals surface area contributed by atoms with Crippen LogP contribution >= 0.6 is 11.6 Å². The average molecular weight is 359 g/mol. The lowest BCUT2D eigenvalue weighted by atomic mass is 10.1. The Bertz CT molecular complexity index is 840. The average Bonchev–Trinajstić information content (AvgIpc) is 2.62. The molecule has 2 aromatic rings. The topological polar surface area (TPSA) is 88.3 Å². The zero-order chi connectivity index (χ0) is 18.4. The van der Waals surface area contributed by atoms with Crippen molar-refractivity contribution in [3.63, 3.8) is 0 Å². The van der Waals surface area contributed by atoms with Gasteiger partial charge in [-0.2, -0.15) is 5.11 Å². The fourth-order valence-corrected chi connectivity index (χ4v) is 1.98. The number of rotatable bonds is 5. The number of hydrogen-bond acceptors (Lipinski definition) is 6. The molecule has 0 spiro atoms. The Hall–Kier alpha value is -2.99. The van der Waals surface area contributed by atoms with Gasteiger partial charge in [0.05, 0.1) is 12.8 Å². The first-order chi connectivity index (χ1) is 11.9. The Kier molecular flexibility index (Phi) is 6.03. The van der Waals surface area contributed by atoms with E-state index in [1.54, 1.807) is 48.5 Å². The molecule has 0 aliphatic rings. The summed E-state index contributed by atoms with van der Waals surface area (Å²) in [5.74, 6) is -2.71. The minimum absolute atomic E-state index is 0.327. The first kappa shape index (κ1) is 18.4. The number of ketones is 1. The molecule has 0 aliphatic heterocycles. The van der Waals surface area contributed by atoms with Crippen LogP contribution in [-0.4, -0.2) is 24.0 Å². The van der Waals surface area contributed by atoms with Crippen LogP contribution in [0.2, 0.25) is 5.02 Å². The maximum atomic E-state index is 12.2. The summed E-state index contributed by atoms with van der Waals surface area (Å²) in [4.78, 5) is 23.7. The Labute approximate surface area is 149 Å². The van der Waals surface area contributed by atoms with Crippen LogP contribution in [0.3, 0.4) is 0 Å². The molecule has 0 heterocycles. The zero-order valence-electron chi connectivity index (χ0n) is 13.6. The van der Waals surface area contributed by atoms with Gasteiger partial charge in [-0.25, -0.2) is 4.79 Å². The van der Waals surface area contributed by atoms with E-state index in [0.29, 0.717) is 16.3 Å². The number of aliphatic hydroxyl groups excluding tert-OH is 1. The first-order valence-electron chi connectivity index (χ1n) is 7.22. The number of aryl methyl sites for hydroxylation is 1. The maximum absolute atomic E-state index is 12.2. The molecular formula is C18H15ClN2O4. The molecule has 0 atom stereocenters. The number of esters is 1. The Balaban J connectivity index is 2.47. The number of azo groups is 1. The zero-order valence-corrected chi connectivity index (χ0v) is 14.3. The first-order valence-corrected chi connectivity index (χ1v) is 7.60. The molecule has 1 N–H and O–H groups in total. The fourth-order valence-electron chi connectivity index (χ4n) is 1.85. The van der Waals surface area contributed by atoms with Crippen LogP contribution < -0.4 is 0 Å². The lowest BCUT2D eigenvalue weighted by Gasteiger charge is -2.05. The molecule has 0 fully saturated rings. The predicted octanol–water partition coefficient (Wildman–Crippen LogP) is 4.40. The molecule has 128 valence electrons. The summed E-state index contributed by atoms with van der Waals surface area (Å²) >= 11 is 5.79. The molecule has 0 aromatic heterocycles. The Morgan fingerprint density at radius 2 is 1.64 bits per heavy atom. The number of Topliss-reactive ketones (excluding diaryl/α,β-unsaturated/α-hetero) is 1. The molecule has 0 amide bonds. The summed E-state index contributed by atoms with van der Waals surface area (Å²) in [6.45, 7) is 1.88. The van der Waals surface area contributed by atoms with Crippen LogP contribution in [0.15, 0.2) is 64.5 Å². The highest BCUT2D eigenvalue weighted by Gasteiger charge is 2.24. The van der Waals surface area contributed by atoms with Gasteiger partial charge < -0.3 is 9.84 Å². The third kappa shape index (κ3) is 4.74. The number of benzene rings is 2. The largest absolute Gasteiger partial charge is 0.505 e. The SMILES string of the molecule is COC(=O)C(=O)/C(N=Nc1ccc(Cl)cc1)=C(\O)c1ccc(C)cc1. The van der Waals surface area contributed by atoms with Crippen LogP contribution in [0.5, 0.6) is 0 Å². The standard InChI is InChI=1S/C18H15ClN2O4/c1-11-3-5-12(6-4-11)16(22)15(17(23)18(24)25-2)21-20-14-9-7-13(19)8-10-14/h3-10,22H,1-2H3/b16-15+,21-20?. The molecule has 2 aromatic carbocycles. The van der Waals surface area contributed by atoms with E-state index in [4.69, 9.17) is 11.6 Å². The van der Waals surface area contributed by atoms with Gasteiger partial charge in [0.2, 0.25) is 0 Å². The van der Waals surface area contributed by atoms with Crippen molar-refractivity contribution in [2.24, 2.45) is 10.2 Å². The fraction of sp³-hybridized carbons (Fsp3) is 0.111. The van der Waals surface area contributed by atoms with Crippen LogP contribution in [0.25, 0.3) is 5.76 Å². The van der Waals surface area contributed by atoms with Gasteiger partial charge in [0.15, 0.2) is 11.5 Å². The maximum Gasteiger partial charge on any atom is 0.381 e. The molecule has 0 radical (unpaired) electrons. The molecular weight excluding hydrogens is 344 g/mol. The second kappa shape index (κ2) is 8.21. The van der Waals surface area contributed by atoms with Crippen molar-refractivity contribution in [1.29, 1.82) is 0 Å². The second-order valence-electron chi connectivity index (χ2n) is 5.06. The van der Waals surface area contributed by atoms with Gasteiger partial charge in [-0.1, -0.05) is 41.4 Å². The number of hydrogen-bond donors (Lipinski definition) is 1. The van der Waals surface area contributed by atoms with E-state index in [0.717, 1.165) is 12.7 Å². The summed E-state index contributed by atoms with van der Waals surface area (Å²) in [5.41, 5.74) is 1.19. The van der Waals surface area contributed by atoms with Crippen molar-refractivity contribution in [2.45, 2.75) is 6.92 Å². The van der Waals surface area contributed by atoms with E-state index >= 15 is 0 Å². The van der Waals surface area contributed by atoms with Crippen LogP contribution in [0.1, 0.15) is 11.1 Å². The van der Waals surface area contributed by atoms with Gasteiger partial charge in [-0.15, -0.1) is 5.11 Å². The van der Waals surface area contributed by atoms with Crippen LogP contribution in [-0.2, 0) is 14.3 Å². The predicted molar refractivity (Wildman–Crippen MR) is 93.7 cm³/mol. The third-order valence-electron chi connectivity index (χ3n) is 3.23. The quantitative estimate of drug-likeness (QED) is 0.282. The van der Waals surface area contributed by atoms with E-state index in [1.807, 2.05) is 6.92 Å². The summed E-state index contributed by atoms with van der Waals surface area (Å²) in [6, 6.07) is 13.1. The number of aliphatic hydroxyl groups is 1. The van der Waals surface area contributed by atoms with Crippen LogP contribution in [0.4, 0.5) is 5.69 Å². The number of nitrogens with zero attached hydrogens (tertiary/aromatic N) is 2. The lowest BCUT2D eigenvalue weighted by Crippen LogP contribution is -2.18. The van der Waals surface area contributed by atoms with E-state index in [-0.39, 0.29) is 0 Å². The van der Waals surface area contributed by atoms with E-state index in [9.17, 15) is 14.7 Å². The molecule has 0 saturated carbocycles. The molecule has 0 unspecified atom stereocenters. The van der Waals surface area contributed by atoms with E-state index in [2.05, 4.69) is 15.0 Å². The molecule has 0 saturated heterocycles. The number of halogens is 1. The highest BCUT2D eigenvalue weighted by Crippen LogP contribution is 2.22. The van der Waals surface area contributed by atoms with Crippen molar-refractivity contribution in [3.8, 4) is 0 Å². The minimum atomic E-state index is -1.15.